The molecular formula is C11H7BrF3NO. The Kier molecular flexibility index (Phi) is 3.26. The van der Waals surface area contributed by atoms with Gasteiger partial charge in [-0.2, -0.15) is 0 Å². The van der Waals surface area contributed by atoms with Crippen LogP contribution >= 0.6 is 15.9 Å². The first-order chi connectivity index (χ1) is 8.00. The van der Waals surface area contributed by atoms with E-state index in [0.29, 0.717) is 16.3 Å². The summed E-state index contributed by atoms with van der Waals surface area (Å²) in [6, 6.07) is 1.81. The van der Waals surface area contributed by atoms with Gasteiger partial charge in [-0.05, 0) is 28.1 Å². The number of rotatable bonds is 2. The first-order valence-electron chi connectivity index (χ1n) is 4.63. The molecule has 0 amide bonds. The number of benzene rings is 1. The molecular weight excluding hydrogens is 299 g/mol. The van der Waals surface area contributed by atoms with Crippen molar-refractivity contribution in [2.75, 3.05) is 0 Å². The van der Waals surface area contributed by atoms with Crippen molar-refractivity contribution in [2.45, 2.75) is 6.04 Å². The minimum absolute atomic E-state index is 0.133. The van der Waals surface area contributed by atoms with Crippen LogP contribution in [-0.2, 0) is 0 Å². The van der Waals surface area contributed by atoms with Crippen LogP contribution in [0.3, 0.4) is 0 Å². The molecule has 90 valence electrons. The van der Waals surface area contributed by atoms with Crippen molar-refractivity contribution >= 4 is 15.9 Å². The van der Waals surface area contributed by atoms with Gasteiger partial charge in [-0.15, -0.1) is 0 Å². The average Bonchev–Trinajstić information content (AvgIpc) is 2.69. The molecule has 0 aliphatic heterocycles. The highest BCUT2D eigenvalue weighted by Gasteiger charge is 2.20. The largest absolute Gasteiger partial charge is 0.457 e. The van der Waals surface area contributed by atoms with Gasteiger partial charge in [0.1, 0.15) is 5.82 Å². The molecule has 1 heterocycles. The van der Waals surface area contributed by atoms with Gasteiger partial charge in [0.2, 0.25) is 0 Å². The van der Waals surface area contributed by atoms with E-state index in [1.54, 1.807) is 0 Å². The molecule has 2 N–H and O–H groups in total. The Morgan fingerprint density at radius 1 is 1.06 bits per heavy atom. The third-order valence-electron chi connectivity index (χ3n) is 2.36. The quantitative estimate of drug-likeness (QED) is 0.862. The number of hydrogen-bond donors (Lipinski definition) is 1. The molecule has 2 rings (SSSR count). The fourth-order valence-electron chi connectivity index (χ4n) is 1.47. The van der Waals surface area contributed by atoms with Gasteiger partial charge in [-0.3, -0.25) is 0 Å². The fourth-order valence-corrected chi connectivity index (χ4v) is 1.96. The van der Waals surface area contributed by atoms with Crippen LogP contribution in [0.15, 0.2) is 33.5 Å². The van der Waals surface area contributed by atoms with E-state index < -0.39 is 23.5 Å². The van der Waals surface area contributed by atoms with Gasteiger partial charge >= 0.3 is 0 Å². The minimum Gasteiger partial charge on any atom is -0.457 e. The molecule has 0 fully saturated rings. The summed E-state index contributed by atoms with van der Waals surface area (Å²) in [6.07, 6.45) is 1.36. The number of halogens is 4. The predicted molar refractivity (Wildman–Crippen MR) is 58.8 cm³/mol. The molecule has 1 atom stereocenters. The summed E-state index contributed by atoms with van der Waals surface area (Å²) in [5.74, 6) is -3.29. The van der Waals surface area contributed by atoms with Crippen LogP contribution in [0.4, 0.5) is 13.2 Å². The molecule has 1 aromatic heterocycles. The van der Waals surface area contributed by atoms with Gasteiger partial charge in [0.05, 0.1) is 12.3 Å². The number of hydrogen-bond acceptors (Lipinski definition) is 2. The molecule has 0 aliphatic rings. The maximum absolute atomic E-state index is 13.5. The highest BCUT2D eigenvalue weighted by molar-refractivity contribution is 9.10. The summed E-state index contributed by atoms with van der Waals surface area (Å²) in [7, 11) is 0. The Morgan fingerprint density at radius 3 is 2.29 bits per heavy atom. The van der Waals surface area contributed by atoms with Crippen molar-refractivity contribution < 1.29 is 17.6 Å². The molecule has 0 aliphatic carbocycles. The molecule has 2 aromatic rings. The number of furan rings is 1. The molecule has 6 heteroatoms. The van der Waals surface area contributed by atoms with Crippen LogP contribution in [0.25, 0.3) is 0 Å². The lowest BCUT2D eigenvalue weighted by Crippen LogP contribution is -2.14. The normalized spacial score (nSPS) is 12.8. The van der Waals surface area contributed by atoms with Crippen LogP contribution in [-0.4, -0.2) is 0 Å². The van der Waals surface area contributed by atoms with E-state index >= 15 is 0 Å². The summed E-state index contributed by atoms with van der Waals surface area (Å²) < 4.78 is 44.5. The topological polar surface area (TPSA) is 39.2 Å². The zero-order chi connectivity index (χ0) is 12.6. The third kappa shape index (κ3) is 2.23. The Balaban J connectivity index is 2.48. The van der Waals surface area contributed by atoms with Crippen molar-refractivity contribution in [3.63, 3.8) is 0 Å². The molecule has 0 saturated heterocycles. The van der Waals surface area contributed by atoms with Gasteiger partial charge in [0.25, 0.3) is 0 Å². The maximum Gasteiger partial charge on any atom is 0.174 e. The Hall–Kier alpha value is -1.27. The zero-order valence-electron chi connectivity index (χ0n) is 8.38. The molecule has 0 saturated carbocycles. The lowest BCUT2D eigenvalue weighted by atomic mass is 10.0. The Bertz CT molecular complexity index is 556. The maximum atomic E-state index is 13.5. The second-order valence-electron chi connectivity index (χ2n) is 3.42. The van der Waals surface area contributed by atoms with E-state index in [4.69, 9.17) is 10.2 Å². The van der Waals surface area contributed by atoms with Crippen LogP contribution in [0.1, 0.15) is 17.2 Å². The predicted octanol–water partition coefficient (Wildman–Crippen LogP) is 3.51. The molecule has 0 radical (unpaired) electrons. The first-order valence-corrected chi connectivity index (χ1v) is 5.43. The summed E-state index contributed by atoms with van der Waals surface area (Å²) in [5.41, 5.74) is 6.08. The van der Waals surface area contributed by atoms with E-state index in [1.807, 2.05) is 0 Å². The van der Waals surface area contributed by atoms with Gasteiger partial charge < -0.3 is 10.2 Å². The zero-order valence-corrected chi connectivity index (χ0v) is 9.97. The minimum atomic E-state index is -1.25. The second kappa shape index (κ2) is 4.54. The lowest BCUT2D eigenvalue weighted by molar-refractivity contribution is 0.486. The average molecular weight is 306 g/mol. The van der Waals surface area contributed by atoms with Gasteiger partial charge in [0.15, 0.2) is 16.3 Å². The van der Waals surface area contributed by atoms with Crippen LogP contribution in [0.5, 0.6) is 0 Å². The Labute approximate surface area is 103 Å². The summed E-state index contributed by atoms with van der Waals surface area (Å²) in [4.78, 5) is 0. The summed E-state index contributed by atoms with van der Waals surface area (Å²) in [6.45, 7) is 0. The molecule has 1 aromatic carbocycles. The van der Waals surface area contributed by atoms with Crippen LogP contribution in [0, 0.1) is 17.5 Å². The van der Waals surface area contributed by atoms with E-state index in [1.165, 1.54) is 12.3 Å². The van der Waals surface area contributed by atoms with Crippen molar-refractivity contribution in [3.8, 4) is 0 Å². The van der Waals surface area contributed by atoms with E-state index in [0.717, 1.165) is 6.07 Å². The highest BCUT2D eigenvalue weighted by Crippen LogP contribution is 2.29. The first kappa shape index (κ1) is 12.2. The van der Waals surface area contributed by atoms with Crippen molar-refractivity contribution in [3.05, 3.63) is 57.7 Å². The molecule has 0 bridgehead atoms. The van der Waals surface area contributed by atoms with Gasteiger partial charge in [0, 0.05) is 17.2 Å². The molecule has 1 unspecified atom stereocenters. The molecule has 2 nitrogen and oxygen atoms in total. The smallest absolute Gasteiger partial charge is 0.174 e. The monoisotopic (exact) mass is 305 g/mol. The lowest BCUT2D eigenvalue weighted by Gasteiger charge is -2.12. The van der Waals surface area contributed by atoms with Crippen molar-refractivity contribution in [1.29, 1.82) is 0 Å². The summed E-state index contributed by atoms with van der Waals surface area (Å²) in [5, 5.41) is 0. The number of nitrogens with two attached hydrogens (primary N) is 1. The van der Waals surface area contributed by atoms with Crippen LogP contribution < -0.4 is 5.73 Å². The Morgan fingerprint density at radius 2 is 1.71 bits per heavy atom. The van der Waals surface area contributed by atoms with Crippen molar-refractivity contribution in [2.24, 2.45) is 5.73 Å². The summed E-state index contributed by atoms with van der Waals surface area (Å²) >= 11 is 3.08. The highest BCUT2D eigenvalue weighted by atomic mass is 79.9. The van der Waals surface area contributed by atoms with E-state index in [2.05, 4.69) is 15.9 Å². The SMILES string of the molecule is NC(c1cc(F)c(F)cc1F)c1ccoc1Br. The molecule has 0 spiro atoms. The fraction of sp³-hybridized carbons (Fsp3) is 0.0909. The molecule has 17 heavy (non-hydrogen) atoms. The standard InChI is InChI=1S/C11H7BrF3NO/c12-11-5(1-2-17-11)10(16)6-3-8(14)9(15)4-7(6)13/h1-4,10H,16H2. The van der Waals surface area contributed by atoms with Crippen molar-refractivity contribution in [1.82, 2.24) is 0 Å². The second-order valence-corrected chi connectivity index (χ2v) is 4.14. The van der Waals surface area contributed by atoms with Crippen LogP contribution in [0.2, 0.25) is 0 Å². The van der Waals surface area contributed by atoms with Gasteiger partial charge in [-0.25, -0.2) is 13.2 Å². The van der Waals surface area contributed by atoms with E-state index in [9.17, 15) is 13.2 Å². The van der Waals surface area contributed by atoms with E-state index in [-0.39, 0.29) is 5.56 Å². The third-order valence-corrected chi connectivity index (χ3v) is 3.00. The van der Waals surface area contributed by atoms with Gasteiger partial charge in [-0.1, -0.05) is 0 Å².